The highest BCUT2D eigenvalue weighted by atomic mass is 32.2. The third kappa shape index (κ3) is 6.73. The number of aryl methyl sites for hydroxylation is 2. The maximum atomic E-state index is 13.5. The summed E-state index contributed by atoms with van der Waals surface area (Å²) in [7, 11) is -1.34. The minimum Gasteiger partial charge on any atom is -0.493 e. The van der Waals surface area contributed by atoms with Crippen LogP contribution < -0.4 is 19.1 Å². The second-order valence-electron chi connectivity index (χ2n) is 7.95. The Bertz CT molecular complexity index is 1260. The minimum absolute atomic E-state index is 0.0910. The van der Waals surface area contributed by atoms with E-state index in [0.717, 1.165) is 22.9 Å². The summed E-state index contributed by atoms with van der Waals surface area (Å²) in [5.74, 6) is -0.389. The molecule has 3 aromatic rings. The largest absolute Gasteiger partial charge is 0.493 e. The van der Waals surface area contributed by atoms with Gasteiger partial charge in [0, 0.05) is 12.6 Å². The number of nitrogens with zero attached hydrogens (tertiary/aromatic N) is 1. The molecule has 1 N–H and O–H groups in total. The highest BCUT2D eigenvalue weighted by Crippen LogP contribution is 2.32. The lowest BCUT2D eigenvalue weighted by atomic mass is 10.1. The molecule has 0 radical (unpaired) electrons. The number of anilines is 1. The summed E-state index contributed by atoms with van der Waals surface area (Å²) in [6.07, 6.45) is 1.49. The lowest BCUT2D eigenvalue weighted by molar-refractivity contribution is -0.119. The van der Waals surface area contributed by atoms with Gasteiger partial charge in [-0.1, -0.05) is 29.8 Å². The Balaban J connectivity index is 1.77. The van der Waals surface area contributed by atoms with Crippen molar-refractivity contribution in [1.82, 2.24) is 5.32 Å². The molecule has 0 bridgehead atoms. The number of sulfonamides is 1. The standard InChI is InChI=1S/C26H29FN2O5S/c1-19-6-4-7-20(16-19)8-5-15-28-26(30)18-29(22-11-9-21(27)10-12-22)35(31,32)23-13-14-24(33-2)25(17-23)34-3/h4,6-7,9-14,16-17H,5,8,15,18H2,1-3H3,(H,28,30). The lowest BCUT2D eigenvalue weighted by Crippen LogP contribution is -2.41. The van der Waals surface area contributed by atoms with E-state index < -0.39 is 28.3 Å². The van der Waals surface area contributed by atoms with Gasteiger partial charge in [0.05, 0.1) is 24.8 Å². The van der Waals surface area contributed by atoms with Crippen LogP contribution in [0.2, 0.25) is 0 Å². The van der Waals surface area contributed by atoms with Crippen molar-refractivity contribution in [3.8, 4) is 11.5 Å². The molecule has 35 heavy (non-hydrogen) atoms. The minimum atomic E-state index is -4.18. The lowest BCUT2D eigenvalue weighted by Gasteiger charge is -2.24. The van der Waals surface area contributed by atoms with Gasteiger partial charge in [0.25, 0.3) is 10.0 Å². The van der Waals surface area contributed by atoms with Crippen LogP contribution in [-0.2, 0) is 21.2 Å². The van der Waals surface area contributed by atoms with Crippen LogP contribution in [0.5, 0.6) is 11.5 Å². The van der Waals surface area contributed by atoms with E-state index in [1.165, 1.54) is 55.7 Å². The van der Waals surface area contributed by atoms with Crippen molar-refractivity contribution in [2.24, 2.45) is 0 Å². The van der Waals surface area contributed by atoms with Gasteiger partial charge in [-0.15, -0.1) is 0 Å². The maximum absolute atomic E-state index is 13.5. The molecule has 0 unspecified atom stereocenters. The van der Waals surface area contributed by atoms with Crippen LogP contribution >= 0.6 is 0 Å². The number of rotatable bonds is 11. The average Bonchev–Trinajstić information content (AvgIpc) is 2.85. The molecule has 1 amide bonds. The van der Waals surface area contributed by atoms with Crippen molar-refractivity contribution in [2.45, 2.75) is 24.7 Å². The van der Waals surface area contributed by atoms with E-state index in [0.29, 0.717) is 18.7 Å². The van der Waals surface area contributed by atoms with Gasteiger partial charge in [-0.05, 0) is 61.7 Å². The normalized spacial score (nSPS) is 11.1. The quantitative estimate of drug-likeness (QED) is 0.401. The van der Waals surface area contributed by atoms with Gasteiger partial charge < -0.3 is 14.8 Å². The smallest absolute Gasteiger partial charge is 0.264 e. The SMILES string of the molecule is COc1ccc(S(=O)(=O)N(CC(=O)NCCCc2cccc(C)c2)c2ccc(F)cc2)cc1OC. The molecule has 9 heteroatoms. The van der Waals surface area contributed by atoms with Crippen LogP contribution in [0.15, 0.2) is 71.6 Å². The van der Waals surface area contributed by atoms with Gasteiger partial charge in [0.1, 0.15) is 12.4 Å². The van der Waals surface area contributed by atoms with Crippen molar-refractivity contribution in [3.63, 3.8) is 0 Å². The van der Waals surface area contributed by atoms with Gasteiger partial charge in [-0.2, -0.15) is 0 Å². The van der Waals surface area contributed by atoms with Crippen molar-refractivity contribution in [2.75, 3.05) is 31.6 Å². The molecule has 0 fully saturated rings. The highest BCUT2D eigenvalue weighted by molar-refractivity contribution is 7.92. The topological polar surface area (TPSA) is 84.9 Å². The first kappa shape index (κ1) is 26.0. The van der Waals surface area contributed by atoms with Crippen molar-refractivity contribution in [3.05, 3.63) is 83.7 Å². The fourth-order valence-corrected chi connectivity index (χ4v) is 5.04. The average molecular weight is 501 g/mol. The molecule has 186 valence electrons. The fourth-order valence-electron chi connectivity index (χ4n) is 3.60. The molecule has 0 aromatic heterocycles. The molecule has 0 aliphatic rings. The zero-order valence-corrected chi connectivity index (χ0v) is 20.8. The van der Waals surface area contributed by atoms with Crippen molar-refractivity contribution >= 4 is 21.6 Å². The summed E-state index contributed by atoms with van der Waals surface area (Å²) in [5.41, 5.74) is 2.50. The van der Waals surface area contributed by atoms with Gasteiger partial charge in [-0.25, -0.2) is 12.8 Å². The molecule has 0 aliphatic carbocycles. The van der Waals surface area contributed by atoms with E-state index in [4.69, 9.17) is 9.47 Å². The predicted octanol–water partition coefficient (Wildman–Crippen LogP) is 4.10. The molecular formula is C26H29FN2O5S. The Morgan fingerprint density at radius 1 is 0.971 bits per heavy atom. The zero-order chi connectivity index (χ0) is 25.4. The summed E-state index contributed by atoms with van der Waals surface area (Å²) in [5, 5.41) is 2.78. The Hall–Kier alpha value is -3.59. The monoisotopic (exact) mass is 500 g/mol. The molecule has 0 heterocycles. The molecular weight excluding hydrogens is 471 g/mol. The maximum Gasteiger partial charge on any atom is 0.264 e. The second-order valence-corrected chi connectivity index (χ2v) is 9.81. The number of halogens is 1. The summed E-state index contributed by atoms with van der Waals surface area (Å²) >= 11 is 0. The van der Waals surface area contributed by atoms with Crippen LogP contribution in [-0.4, -0.2) is 41.6 Å². The number of ether oxygens (including phenoxy) is 2. The van der Waals surface area contributed by atoms with E-state index in [1.54, 1.807) is 0 Å². The number of carbonyl (C=O) groups is 1. The first-order valence-corrected chi connectivity index (χ1v) is 12.5. The number of nitrogens with one attached hydrogen (secondary N) is 1. The number of methoxy groups -OCH3 is 2. The Labute approximate surface area is 205 Å². The highest BCUT2D eigenvalue weighted by Gasteiger charge is 2.28. The first-order valence-electron chi connectivity index (χ1n) is 11.1. The van der Waals surface area contributed by atoms with E-state index in [1.807, 2.05) is 25.1 Å². The fraction of sp³-hybridized carbons (Fsp3) is 0.269. The zero-order valence-electron chi connectivity index (χ0n) is 20.0. The Kier molecular flexibility index (Phi) is 8.70. The van der Waals surface area contributed by atoms with Crippen LogP contribution in [0.3, 0.4) is 0 Å². The van der Waals surface area contributed by atoms with E-state index >= 15 is 0 Å². The van der Waals surface area contributed by atoms with E-state index in [2.05, 4.69) is 11.4 Å². The molecule has 7 nitrogen and oxygen atoms in total. The number of hydrogen-bond acceptors (Lipinski definition) is 5. The molecule has 0 saturated carbocycles. The van der Waals surface area contributed by atoms with Crippen LogP contribution in [0, 0.1) is 12.7 Å². The third-order valence-electron chi connectivity index (χ3n) is 5.39. The summed E-state index contributed by atoms with van der Waals surface area (Å²) in [6, 6.07) is 17.2. The third-order valence-corrected chi connectivity index (χ3v) is 7.16. The van der Waals surface area contributed by atoms with Gasteiger partial charge in [0.15, 0.2) is 11.5 Å². The van der Waals surface area contributed by atoms with Crippen molar-refractivity contribution < 1.29 is 27.1 Å². The van der Waals surface area contributed by atoms with Crippen LogP contribution in [0.1, 0.15) is 17.5 Å². The van der Waals surface area contributed by atoms with Gasteiger partial charge in [0.2, 0.25) is 5.91 Å². The van der Waals surface area contributed by atoms with E-state index in [-0.39, 0.29) is 16.3 Å². The van der Waals surface area contributed by atoms with Crippen molar-refractivity contribution in [1.29, 1.82) is 0 Å². The summed E-state index contributed by atoms with van der Waals surface area (Å²) < 4.78 is 51.9. The van der Waals surface area contributed by atoms with Crippen LogP contribution in [0.4, 0.5) is 10.1 Å². The Morgan fingerprint density at radius 2 is 1.69 bits per heavy atom. The number of hydrogen-bond donors (Lipinski definition) is 1. The Morgan fingerprint density at radius 3 is 2.34 bits per heavy atom. The number of carbonyl (C=O) groups excluding carboxylic acids is 1. The molecule has 0 saturated heterocycles. The molecule has 0 atom stereocenters. The van der Waals surface area contributed by atoms with Crippen LogP contribution in [0.25, 0.3) is 0 Å². The van der Waals surface area contributed by atoms with E-state index in [9.17, 15) is 17.6 Å². The molecule has 3 aromatic carbocycles. The van der Waals surface area contributed by atoms with Gasteiger partial charge >= 0.3 is 0 Å². The first-order chi connectivity index (χ1) is 16.7. The molecule has 0 aliphatic heterocycles. The molecule has 3 rings (SSSR count). The number of amides is 1. The van der Waals surface area contributed by atoms with Gasteiger partial charge in [-0.3, -0.25) is 9.10 Å². The number of benzene rings is 3. The molecule has 0 spiro atoms. The predicted molar refractivity (Wildman–Crippen MR) is 133 cm³/mol. The summed E-state index contributed by atoms with van der Waals surface area (Å²) in [6.45, 7) is 1.95. The summed E-state index contributed by atoms with van der Waals surface area (Å²) in [4.78, 5) is 12.6. The second kappa shape index (κ2) is 11.7.